The molecule has 0 radical (unpaired) electrons. The highest BCUT2D eigenvalue weighted by molar-refractivity contribution is 7.26. The average molecular weight is 348 g/mol. The zero-order valence-corrected chi connectivity index (χ0v) is 13.6. The van der Waals surface area contributed by atoms with Gasteiger partial charge in [-0.1, -0.05) is 48.5 Å². The first-order valence-electron chi connectivity index (χ1n) is 7.71. The van der Waals surface area contributed by atoms with Gasteiger partial charge in [-0.3, -0.25) is 0 Å². The Balaban J connectivity index is 2.17. The van der Waals surface area contributed by atoms with Crippen LogP contribution in [0.3, 0.4) is 0 Å². The Morgan fingerprint density at radius 3 is 1.16 bits per heavy atom. The summed E-state index contributed by atoms with van der Waals surface area (Å²) >= 11 is 1.15. The van der Waals surface area contributed by atoms with Crippen molar-refractivity contribution >= 4 is 53.1 Å². The van der Waals surface area contributed by atoms with Crippen molar-refractivity contribution in [3.05, 3.63) is 48.5 Å². The molecular weight excluding hydrogens is 336 g/mol. The van der Waals surface area contributed by atoms with E-state index in [2.05, 4.69) is 0 Å². The Labute approximate surface area is 145 Å². The highest BCUT2D eigenvalue weighted by Crippen LogP contribution is 2.55. The van der Waals surface area contributed by atoms with Gasteiger partial charge < -0.3 is 20.4 Å². The van der Waals surface area contributed by atoms with Crippen molar-refractivity contribution in [1.82, 2.24) is 0 Å². The summed E-state index contributed by atoms with van der Waals surface area (Å²) in [5.74, 6) is 0.0409. The van der Waals surface area contributed by atoms with Gasteiger partial charge in [0.1, 0.15) is 23.0 Å². The molecule has 1 heterocycles. The Morgan fingerprint density at radius 2 is 0.800 bits per heavy atom. The van der Waals surface area contributed by atoms with Crippen molar-refractivity contribution in [3.63, 3.8) is 0 Å². The van der Waals surface area contributed by atoms with Gasteiger partial charge in [0.05, 0.1) is 20.2 Å². The molecular formula is C20H12O4S. The second kappa shape index (κ2) is 4.68. The standard InChI is InChI=1S/C20H12O4S/c21-15-9-5-1-3-7-11(9)17(23)19-13(15)14-16(22)10-6-2-4-8-12(10)18(24)20(14)25-19/h1-8,21-24H. The number of aromatic hydroxyl groups is 4. The van der Waals surface area contributed by atoms with Crippen molar-refractivity contribution in [2.45, 2.75) is 0 Å². The van der Waals surface area contributed by atoms with E-state index in [1.165, 1.54) is 0 Å². The molecule has 0 aliphatic heterocycles. The van der Waals surface area contributed by atoms with Crippen LogP contribution in [0.25, 0.3) is 41.7 Å². The number of thiophene rings is 1. The van der Waals surface area contributed by atoms with Crippen LogP contribution >= 0.6 is 11.3 Å². The van der Waals surface area contributed by atoms with E-state index in [0.717, 1.165) is 11.3 Å². The summed E-state index contributed by atoms with van der Waals surface area (Å²) in [5, 5.41) is 45.8. The number of hydrogen-bond acceptors (Lipinski definition) is 5. The quantitative estimate of drug-likeness (QED) is 0.291. The molecule has 5 rings (SSSR count). The second-order valence-corrected chi connectivity index (χ2v) is 7.02. The fourth-order valence-corrected chi connectivity index (χ4v) is 4.74. The minimum atomic E-state index is -0.0142. The highest BCUT2D eigenvalue weighted by Gasteiger charge is 2.23. The Kier molecular flexibility index (Phi) is 2.65. The van der Waals surface area contributed by atoms with E-state index in [-0.39, 0.29) is 23.0 Å². The minimum absolute atomic E-state index is 0.0142. The van der Waals surface area contributed by atoms with Crippen LogP contribution in [0.2, 0.25) is 0 Å². The molecule has 0 amide bonds. The molecule has 5 heteroatoms. The number of rotatable bonds is 0. The zero-order chi connectivity index (χ0) is 17.3. The van der Waals surface area contributed by atoms with E-state index in [1.54, 1.807) is 48.5 Å². The van der Waals surface area contributed by atoms with Crippen molar-refractivity contribution in [2.75, 3.05) is 0 Å². The normalized spacial score (nSPS) is 11.8. The topological polar surface area (TPSA) is 80.9 Å². The van der Waals surface area contributed by atoms with Crippen molar-refractivity contribution in [2.24, 2.45) is 0 Å². The maximum atomic E-state index is 10.8. The molecule has 25 heavy (non-hydrogen) atoms. The molecule has 4 aromatic carbocycles. The predicted octanol–water partition coefficient (Wildman–Crippen LogP) is 5.18. The molecule has 122 valence electrons. The first-order chi connectivity index (χ1) is 12.1. The number of phenolic OH excluding ortho intramolecular Hbond substituents is 4. The van der Waals surface area contributed by atoms with E-state index >= 15 is 0 Å². The summed E-state index contributed by atoms with van der Waals surface area (Å²) in [6.45, 7) is 0. The van der Waals surface area contributed by atoms with Gasteiger partial charge in [-0.25, -0.2) is 0 Å². The average Bonchev–Trinajstić information content (AvgIpc) is 3.06. The molecule has 0 unspecified atom stereocenters. The van der Waals surface area contributed by atoms with Gasteiger partial charge in [0.2, 0.25) is 0 Å². The molecule has 1 aromatic heterocycles. The van der Waals surface area contributed by atoms with Crippen LogP contribution in [0.15, 0.2) is 48.5 Å². The molecule has 0 saturated heterocycles. The molecule has 5 aromatic rings. The molecule has 0 saturated carbocycles. The molecule has 0 atom stereocenters. The Bertz CT molecular complexity index is 1230. The number of benzene rings is 4. The summed E-state index contributed by atoms with van der Waals surface area (Å²) in [7, 11) is 0. The second-order valence-electron chi connectivity index (χ2n) is 6.00. The Hall–Kier alpha value is -3.18. The largest absolute Gasteiger partial charge is 0.507 e. The summed E-state index contributed by atoms with van der Waals surface area (Å²) in [4.78, 5) is 0. The maximum Gasteiger partial charge on any atom is 0.141 e. The maximum absolute atomic E-state index is 10.8. The summed E-state index contributed by atoms with van der Waals surface area (Å²) in [6.07, 6.45) is 0. The summed E-state index contributed by atoms with van der Waals surface area (Å²) in [5.41, 5.74) is 0. The molecule has 0 spiro atoms. The number of hydrogen-bond donors (Lipinski definition) is 4. The minimum Gasteiger partial charge on any atom is -0.507 e. The summed E-state index contributed by atoms with van der Waals surface area (Å²) < 4.78 is 0.874. The van der Waals surface area contributed by atoms with E-state index in [0.29, 0.717) is 41.7 Å². The monoisotopic (exact) mass is 348 g/mol. The molecule has 4 nitrogen and oxygen atoms in total. The Morgan fingerprint density at radius 1 is 0.480 bits per heavy atom. The van der Waals surface area contributed by atoms with E-state index in [1.807, 2.05) is 0 Å². The van der Waals surface area contributed by atoms with Gasteiger partial charge in [0, 0.05) is 21.5 Å². The number of phenols is 4. The zero-order valence-electron chi connectivity index (χ0n) is 12.8. The SMILES string of the molecule is Oc1c2ccccc2c(O)c2c1sc1c(O)c3ccccc3c(O)c12. The van der Waals surface area contributed by atoms with Crippen molar-refractivity contribution in [3.8, 4) is 23.0 Å². The summed E-state index contributed by atoms with van der Waals surface area (Å²) in [6, 6.07) is 14.0. The van der Waals surface area contributed by atoms with Crippen LogP contribution < -0.4 is 0 Å². The molecule has 0 aliphatic rings. The lowest BCUT2D eigenvalue weighted by Gasteiger charge is -2.08. The van der Waals surface area contributed by atoms with Crippen molar-refractivity contribution in [1.29, 1.82) is 0 Å². The molecule has 0 fully saturated rings. The molecule has 0 aliphatic carbocycles. The molecule has 4 N–H and O–H groups in total. The van der Waals surface area contributed by atoms with Gasteiger partial charge in [-0.2, -0.15) is 0 Å². The predicted molar refractivity (Wildman–Crippen MR) is 101 cm³/mol. The van der Waals surface area contributed by atoms with Gasteiger partial charge >= 0.3 is 0 Å². The lowest BCUT2D eigenvalue weighted by atomic mass is 10.00. The van der Waals surface area contributed by atoms with E-state index < -0.39 is 0 Å². The first-order valence-corrected chi connectivity index (χ1v) is 8.52. The fraction of sp³-hybridized carbons (Fsp3) is 0. The first kappa shape index (κ1) is 14.2. The van der Waals surface area contributed by atoms with E-state index in [9.17, 15) is 20.4 Å². The lowest BCUT2D eigenvalue weighted by molar-refractivity contribution is 0.476. The van der Waals surface area contributed by atoms with Crippen LogP contribution in [-0.2, 0) is 0 Å². The van der Waals surface area contributed by atoms with E-state index in [4.69, 9.17) is 0 Å². The third kappa shape index (κ3) is 1.65. The van der Waals surface area contributed by atoms with Gasteiger partial charge in [-0.05, 0) is 0 Å². The van der Waals surface area contributed by atoms with Crippen LogP contribution in [0, 0.1) is 0 Å². The van der Waals surface area contributed by atoms with Crippen molar-refractivity contribution < 1.29 is 20.4 Å². The lowest BCUT2D eigenvalue weighted by Crippen LogP contribution is -1.80. The third-order valence-corrected chi connectivity index (χ3v) is 5.89. The van der Waals surface area contributed by atoms with Crippen LogP contribution in [0.5, 0.6) is 23.0 Å². The van der Waals surface area contributed by atoms with Crippen LogP contribution in [0.1, 0.15) is 0 Å². The van der Waals surface area contributed by atoms with Gasteiger partial charge in [-0.15, -0.1) is 11.3 Å². The van der Waals surface area contributed by atoms with Crippen LogP contribution in [-0.4, -0.2) is 20.4 Å². The molecule has 0 bridgehead atoms. The number of fused-ring (bicyclic) bond motifs is 5. The van der Waals surface area contributed by atoms with Gasteiger partial charge in [0.15, 0.2) is 0 Å². The fourth-order valence-electron chi connectivity index (χ4n) is 3.52. The van der Waals surface area contributed by atoms with Crippen LogP contribution in [0.4, 0.5) is 0 Å². The smallest absolute Gasteiger partial charge is 0.141 e. The highest BCUT2D eigenvalue weighted by atomic mass is 32.1. The van der Waals surface area contributed by atoms with Gasteiger partial charge in [0.25, 0.3) is 0 Å². The third-order valence-electron chi connectivity index (χ3n) is 4.69.